The Morgan fingerprint density at radius 1 is 1.39 bits per heavy atom. The van der Waals surface area contributed by atoms with Crippen LogP contribution in [-0.2, 0) is 0 Å². The molecular weight excluding hydrogens is 228 g/mol. The summed E-state index contributed by atoms with van der Waals surface area (Å²) in [6.45, 7) is 6.54. The molecule has 0 aromatic carbocycles. The summed E-state index contributed by atoms with van der Waals surface area (Å²) >= 11 is 0. The lowest BCUT2D eigenvalue weighted by atomic mass is 10.2. The van der Waals surface area contributed by atoms with Crippen molar-refractivity contribution in [3.8, 4) is 5.75 Å². The van der Waals surface area contributed by atoms with E-state index < -0.39 is 0 Å². The van der Waals surface area contributed by atoms with Crippen LogP contribution in [-0.4, -0.2) is 11.6 Å². The number of rotatable bonds is 5. The molecule has 2 rings (SSSR count). The van der Waals surface area contributed by atoms with Gasteiger partial charge < -0.3 is 14.5 Å². The molecule has 2 aromatic rings. The van der Waals surface area contributed by atoms with Crippen LogP contribution < -0.4 is 10.1 Å². The number of furan rings is 1. The third kappa shape index (κ3) is 2.83. The predicted molar refractivity (Wildman–Crippen MR) is 70.9 cm³/mol. The van der Waals surface area contributed by atoms with Crippen molar-refractivity contribution in [1.82, 2.24) is 4.98 Å². The van der Waals surface area contributed by atoms with Gasteiger partial charge in [0.1, 0.15) is 11.5 Å². The van der Waals surface area contributed by atoms with Gasteiger partial charge in [-0.1, -0.05) is 0 Å². The number of aromatic nitrogens is 1. The molecule has 2 aromatic heterocycles. The minimum Gasteiger partial charge on any atom is -0.490 e. The second-order valence-electron chi connectivity index (χ2n) is 4.10. The summed E-state index contributed by atoms with van der Waals surface area (Å²) in [5, 5.41) is 3.30. The van der Waals surface area contributed by atoms with Crippen LogP contribution in [0.5, 0.6) is 5.75 Å². The summed E-state index contributed by atoms with van der Waals surface area (Å²) < 4.78 is 11.1. The average Bonchev–Trinajstić information content (AvgIpc) is 2.79. The molecule has 2 heterocycles. The first-order valence-corrected chi connectivity index (χ1v) is 6.11. The fraction of sp³-hybridized carbons (Fsp3) is 0.357. The molecule has 1 unspecified atom stereocenters. The van der Waals surface area contributed by atoms with Gasteiger partial charge in [0.2, 0.25) is 0 Å². The molecule has 0 saturated heterocycles. The van der Waals surface area contributed by atoms with Crippen molar-refractivity contribution in [3.63, 3.8) is 0 Å². The van der Waals surface area contributed by atoms with Crippen LogP contribution in [0.25, 0.3) is 0 Å². The van der Waals surface area contributed by atoms with Gasteiger partial charge in [0.25, 0.3) is 0 Å². The van der Waals surface area contributed by atoms with Crippen molar-refractivity contribution >= 4 is 5.82 Å². The molecule has 0 bridgehead atoms. The average molecular weight is 246 g/mol. The Morgan fingerprint density at radius 2 is 2.22 bits per heavy atom. The number of ether oxygens (including phenoxy) is 1. The van der Waals surface area contributed by atoms with Gasteiger partial charge in [-0.2, -0.15) is 0 Å². The maximum Gasteiger partial charge on any atom is 0.169 e. The zero-order valence-corrected chi connectivity index (χ0v) is 10.9. The van der Waals surface area contributed by atoms with Crippen molar-refractivity contribution in [3.05, 3.63) is 42.0 Å². The van der Waals surface area contributed by atoms with Gasteiger partial charge >= 0.3 is 0 Å². The van der Waals surface area contributed by atoms with E-state index >= 15 is 0 Å². The molecule has 0 aliphatic heterocycles. The molecule has 1 atom stereocenters. The summed E-state index contributed by atoms with van der Waals surface area (Å²) in [6, 6.07) is 7.73. The number of pyridine rings is 1. The Kier molecular flexibility index (Phi) is 3.87. The molecule has 4 nitrogen and oxygen atoms in total. The van der Waals surface area contributed by atoms with Gasteiger partial charge in [-0.3, -0.25) is 0 Å². The lowest BCUT2D eigenvalue weighted by molar-refractivity contribution is 0.340. The van der Waals surface area contributed by atoms with Crippen molar-refractivity contribution < 1.29 is 9.15 Å². The van der Waals surface area contributed by atoms with Crippen LogP contribution in [0.15, 0.2) is 34.9 Å². The first-order valence-electron chi connectivity index (χ1n) is 6.11. The highest BCUT2D eigenvalue weighted by Gasteiger charge is 2.12. The van der Waals surface area contributed by atoms with E-state index in [1.54, 1.807) is 6.20 Å². The van der Waals surface area contributed by atoms with Crippen LogP contribution in [0.4, 0.5) is 5.82 Å². The van der Waals surface area contributed by atoms with Crippen LogP contribution in [0.3, 0.4) is 0 Å². The van der Waals surface area contributed by atoms with E-state index in [0.717, 1.165) is 23.1 Å². The molecule has 0 aliphatic rings. The summed E-state index contributed by atoms with van der Waals surface area (Å²) in [6.07, 6.45) is 1.74. The third-order valence-electron chi connectivity index (χ3n) is 2.61. The molecule has 4 heteroatoms. The van der Waals surface area contributed by atoms with E-state index in [4.69, 9.17) is 9.15 Å². The Balaban J connectivity index is 2.13. The lowest BCUT2D eigenvalue weighted by Crippen LogP contribution is -2.08. The van der Waals surface area contributed by atoms with Gasteiger partial charge in [-0.25, -0.2) is 4.98 Å². The molecule has 0 saturated carbocycles. The van der Waals surface area contributed by atoms with Crippen molar-refractivity contribution in [1.29, 1.82) is 0 Å². The molecule has 96 valence electrons. The van der Waals surface area contributed by atoms with Gasteiger partial charge in [-0.05, 0) is 45.0 Å². The zero-order chi connectivity index (χ0) is 13.0. The van der Waals surface area contributed by atoms with E-state index in [1.807, 2.05) is 45.0 Å². The first kappa shape index (κ1) is 12.5. The van der Waals surface area contributed by atoms with Crippen LogP contribution >= 0.6 is 0 Å². The standard InChI is InChI=1S/C14H18N2O2/c1-4-17-13-6-5-9-15-14(13)16-11(3)12-8-7-10(2)18-12/h5-9,11H,4H2,1-3H3,(H,15,16). The van der Waals surface area contributed by atoms with E-state index in [9.17, 15) is 0 Å². The monoisotopic (exact) mass is 246 g/mol. The summed E-state index contributed by atoms with van der Waals surface area (Å²) in [5.41, 5.74) is 0. The normalized spacial score (nSPS) is 12.2. The maximum atomic E-state index is 5.59. The number of hydrogen-bond donors (Lipinski definition) is 1. The lowest BCUT2D eigenvalue weighted by Gasteiger charge is -2.15. The topological polar surface area (TPSA) is 47.3 Å². The van der Waals surface area contributed by atoms with Crippen LogP contribution in [0, 0.1) is 6.92 Å². The number of hydrogen-bond acceptors (Lipinski definition) is 4. The minimum atomic E-state index is 0.0489. The van der Waals surface area contributed by atoms with Crippen LogP contribution in [0.2, 0.25) is 0 Å². The molecule has 0 amide bonds. The number of nitrogens with zero attached hydrogens (tertiary/aromatic N) is 1. The minimum absolute atomic E-state index is 0.0489. The quantitative estimate of drug-likeness (QED) is 0.876. The number of aryl methyl sites for hydroxylation is 1. The highest BCUT2D eigenvalue weighted by Crippen LogP contribution is 2.26. The molecule has 18 heavy (non-hydrogen) atoms. The van der Waals surface area contributed by atoms with Crippen molar-refractivity contribution in [2.75, 3.05) is 11.9 Å². The molecule has 0 radical (unpaired) electrons. The van der Waals surface area contributed by atoms with Crippen molar-refractivity contribution in [2.45, 2.75) is 26.8 Å². The molecule has 0 fully saturated rings. The van der Waals surface area contributed by atoms with E-state index in [2.05, 4.69) is 10.3 Å². The van der Waals surface area contributed by atoms with Gasteiger partial charge in [-0.15, -0.1) is 0 Å². The van der Waals surface area contributed by atoms with E-state index in [0.29, 0.717) is 6.61 Å². The SMILES string of the molecule is CCOc1cccnc1NC(C)c1ccc(C)o1. The number of nitrogens with one attached hydrogen (secondary N) is 1. The second kappa shape index (κ2) is 5.58. The third-order valence-corrected chi connectivity index (χ3v) is 2.61. The Labute approximate surface area is 107 Å². The van der Waals surface area contributed by atoms with Gasteiger partial charge in [0.05, 0.1) is 12.6 Å². The number of anilines is 1. The highest BCUT2D eigenvalue weighted by molar-refractivity contribution is 5.50. The Bertz CT molecular complexity index is 508. The van der Waals surface area contributed by atoms with Gasteiger partial charge in [0.15, 0.2) is 11.6 Å². The molecule has 1 N–H and O–H groups in total. The predicted octanol–water partition coefficient (Wildman–Crippen LogP) is 3.55. The maximum absolute atomic E-state index is 5.59. The molecular formula is C14H18N2O2. The Hall–Kier alpha value is -1.97. The van der Waals surface area contributed by atoms with E-state index in [1.165, 1.54) is 0 Å². The molecule has 0 aliphatic carbocycles. The highest BCUT2D eigenvalue weighted by atomic mass is 16.5. The summed E-state index contributed by atoms with van der Waals surface area (Å²) in [7, 11) is 0. The largest absolute Gasteiger partial charge is 0.490 e. The zero-order valence-electron chi connectivity index (χ0n) is 10.9. The fourth-order valence-corrected chi connectivity index (χ4v) is 1.73. The smallest absolute Gasteiger partial charge is 0.169 e. The molecule has 0 spiro atoms. The Morgan fingerprint density at radius 3 is 2.89 bits per heavy atom. The fourth-order valence-electron chi connectivity index (χ4n) is 1.73. The summed E-state index contributed by atoms with van der Waals surface area (Å²) in [5.74, 6) is 3.29. The van der Waals surface area contributed by atoms with E-state index in [-0.39, 0.29) is 6.04 Å². The summed E-state index contributed by atoms with van der Waals surface area (Å²) in [4.78, 5) is 4.29. The van der Waals surface area contributed by atoms with Gasteiger partial charge in [0, 0.05) is 6.20 Å². The van der Waals surface area contributed by atoms with Crippen LogP contribution in [0.1, 0.15) is 31.4 Å². The first-order chi connectivity index (χ1) is 8.70. The van der Waals surface area contributed by atoms with Crippen molar-refractivity contribution in [2.24, 2.45) is 0 Å². The second-order valence-corrected chi connectivity index (χ2v) is 4.10.